The monoisotopic (exact) mass is 292 g/mol. The largest absolute Gasteiger partial charge is 0.401 e. The van der Waals surface area contributed by atoms with Crippen molar-refractivity contribution in [3.63, 3.8) is 0 Å². The Morgan fingerprint density at radius 2 is 2.05 bits per heavy atom. The Labute approximate surface area is 115 Å². The van der Waals surface area contributed by atoms with Crippen LogP contribution in [-0.2, 0) is 0 Å². The second-order valence-corrected chi connectivity index (χ2v) is 5.32. The summed E-state index contributed by atoms with van der Waals surface area (Å²) in [7, 11) is 0. The number of hydrazone groups is 1. The summed E-state index contributed by atoms with van der Waals surface area (Å²) in [4.78, 5) is 12.8. The van der Waals surface area contributed by atoms with E-state index in [2.05, 4.69) is 15.8 Å². The number of hydrogen-bond acceptors (Lipinski definition) is 3. The Kier molecular flexibility index (Phi) is 4.85. The van der Waals surface area contributed by atoms with E-state index >= 15 is 0 Å². The number of carbonyl (C=O) groups excluding carboxylic acids is 1. The van der Waals surface area contributed by atoms with Crippen LogP contribution in [0.15, 0.2) is 5.10 Å². The maximum absolute atomic E-state index is 12.2. The molecule has 1 heterocycles. The number of urea groups is 1. The molecule has 0 unspecified atom stereocenters. The van der Waals surface area contributed by atoms with Crippen molar-refractivity contribution >= 4 is 11.7 Å². The lowest BCUT2D eigenvalue weighted by molar-refractivity contribution is -0.142. The predicted molar refractivity (Wildman–Crippen MR) is 68.5 cm³/mol. The first-order valence-electron chi connectivity index (χ1n) is 6.83. The summed E-state index contributed by atoms with van der Waals surface area (Å²) in [6.07, 6.45) is 0.451. The van der Waals surface area contributed by atoms with Gasteiger partial charge >= 0.3 is 12.2 Å². The van der Waals surface area contributed by atoms with Gasteiger partial charge in [0.15, 0.2) is 0 Å². The molecule has 114 valence electrons. The highest BCUT2D eigenvalue weighted by atomic mass is 19.4. The Morgan fingerprint density at radius 3 is 2.70 bits per heavy atom. The van der Waals surface area contributed by atoms with Gasteiger partial charge in [0.05, 0.1) is 12.3 Å². The smallest absolute Gasteiger partial charge is 0.334 e. The van der Waals surface area contributed by atoms with Gasteiger partial charge in [-0.25, -0.2) is 10.2 Å². The fourth-order valence-corrected chi connectivity index (χ4v) is 2.60. The topological polar surface area (TPSA) is 56.7 Å². The molecule has 20 heavy (non-hydrogen) atoms. The summed E-state index contributed by atoms with van der Waals surface area (Å²) >= 11 is 0. The highest BCUT2D eigenvalue weighted by Crippen LogP contribution is 2.19. The van der Waals surface area contributed by atoms with E-state index in [-0.39, 0.29) is 18.6 Å². The maximum Gasteiger partial charge on any atom is 0.401 e. The average Bonchev–Trinajstić information content (AvgIpc) is 2.96. The molecule has 0 bridgehead atoms. The molecule has 5 nitrogen and oxygen atoms in total. The Balaban J connectivity index is 1.71. The maximum atomic E-state index is 12.2. The minimum atomic E-state index is -4.19. The number of nitrogens with one attached hydrogen (secondary N) is 2. The zero-order valence-electron chi connectivity index (χ0n) is 11.2. The van der Waals surface area contributed by atoms with Crippen LogP contribution < -0.4 is 10.7 Å². The Bertz CT molecular complexity index is 377. The standard InChI is InChI=1S/C12H19F3N4O/c13-12(14,15)8-19-6-5-10(7-19)17-18-11(20)16-9-3-1-2-4-9/h9H,1-8H2,(H2,16,18,20)/b17-10-. The van der Waals surface area contributed by atoms with Crippen LogP contribution in [0.1, 0.15) is 32.1 Å². The van der Waals surface area contributed by atoms with Gasteiger partial charge in [0.2, 0.25) is 0 Å². The van der Waals surface area contributed by atoms with Crippen LogP contribution in [0.2, 0.25) is 0 Å². The molecule has 0 spiro atoms. The third kappa shape index (κ3) is 4.99. The molecule has 1 saturated heterocycles. The van der Waals surface area contributed by atoms with E-state index in [0.29, 0.717) is 18.7 Å². The first-order valence-corrected chi connectivity index (χ1v) is 6.83. The van der Waals surface area contributed by atoms with Crippen molar-refractivity contribution in [2.24, 2.45) is 5.10 Å². The SMILES string of the molecule is O=C(N/N=C1/CCN(CC(F)(F)F)C1)NC1CCCC1. The molecule has 2 amide bonds. The molecule has 2 fully saturated rings. The molecule has 2 aliphatic rings. The molecule has 1 saturated carbocycles. The number of halogens is 3. The van der Waals surface area contributed by atoms with Crippen LogP contribution in [-0.4, -0.2) is 48.5 Å². The minimum absolute atomic E-state index is 0.156. The van der Waals surface area contributed by atoms with Crippen molar-refractivity contribution < 1.29 is 18.0 Å². The fraction of sp³-hybridized carbons (Fsp3) is 0.833. The van der Waals surface area contributed by atoms with E-state index < -0.39 is 12.7 Å². The van der Waals surface area contributed by atoms with Crippen LogP contribution in [0, 0.1) is 0 Å². The van der Waals surface area contributed by atoms with Crippen LogP contribution in [0.5, 0.6) is 0 Å². The zero-order valence-corrected chi connectivity index (χ0v) is 11.2. The number of nitrogens with zero attached hydrogens (tertiary/aromatic N) is 2. The van der Waals surface area contributed by atoms with Gasteiger partial charge in [-0.15, -0.1) is 0 Å². The Hall–Kier alpha value is -1.31. The summed E-state index contributed by atoms with van der Waals surface area (Å²) in [5.41, 5.74) is 2.94. The molecule has 1 aliphatic carbocycles. The quantitative estimate of drug-likeness (QED) is 0.780. The van der Waals surface area contributed by atoms with Gasteiger partial charge < -0.3 is 5.32 Å². The molecule has 0 aromatic rings. The minimum Gasteiger partial charge on any atom is -0.334 e. The van der Waals surface area contributed by atoms with E-state index in [1.165, 1.54) is 4.90 Å². The summed E-state index contributed by atoms with van der Waals surface area (Å²) < 4.78 is 36.6. The lowest BCUT2D eigenvalue weighted by atomic mass is 10.3. The van der Waals surface area contributed by atoms with Gasteiger partial charge in [-0.1, -0.05) is 12.8 Å². The predicted octanol–water partition coefficient (Wildman–Crippen LogP) is 1.85. The van der Waals surface area contributed by atoms with E-state index in [4.69, 9.17) is 0 Å². The molecular formula is C12H19F3N4O. The third-order valence-corrected chi connectivity index (χ3v) is 3.53. The van der Waals surface area contributed by atoms with E-state index in [1.807, 2.05) is 0 Å². The number of rotatable bonds is 3. The second-order valence-electron chi connectivity index (χ2n) is 5.32. The van der Waals surface area contributed by atoms with Crippen molar-refractivity contribution in [2.75, 3.05) is 19.6 Å². The van der Waals surface area contributed by atoms with Crippen molar-refractivity contribution in [3.05, 3.63) is 0 Å². The third-order valence-electron chi connectivity index (χ3n) is 3.53. The number of alkyl halides is 3. The zero-order chi connectivity index (χ0) is 14.6. The number of hydrogen-bond donors (Lipinski definition) is 2. The van der Waals surface area contributed by atoms with Crippen LogP contribution in [0.4, 0.5) is 18.0 Å². The summed E-state index contributed by atoms with van der Waals surface area (Å²) in [5.74, 6) is 0. The fourth-order valence-electron chi connectivity index (χ4n) is 2.60. The number of amides is 2. The van der Waals surface area contributed by atoms with Crippen LogP contribution >= 0.6 is 0 Å². The van der Waals surface area contributed by atoms with Gasteiger partial charge in [-0.3, -0.25) is 4.90 Å². The second kappa shape index (κ2) is 6.43. The molecular weight excluding hydrogens is 273 g/mol. The molecule has 0 aromatic heterocycles. The van der Waals surface area contributed by atoms with Gasteiger partial charge in [0.25, 0.3) is 0 Å². The summed E-state index contributed by atoms with van der Waals surface area (Å²) in [5, 5.41) is 6.69. The first-order chi connectivity index (χ1) is 9.42. The lowest BCUT2D eigenvalue weighted by Gasteiger charge is -2.15. The van der Waals surface area contributed by atoms with Crippen molar-refractivity contribution in [3.8, 4) is 0 Å². The molecule has 0 radical (unpaired) electrons. The molecule has 0 atom stereocenters. The number of likely N-dealkylation sites (tertiary alicyclic amines) is 1. The van der Waals surface area contributed by atoms with E-state index in [1.54, 1.807) is 0 Å². The number of carbonyl (C=O) groups is 1. The van der Waals surface area contributed by atoms with Crippen LogP contribution in [0.3, 0.4) is 0 Å². The van der Waals surface area contributed by atoms with Gasteiger partial charge in [-0.2, -0.15) is 18.3 Å². The summed E-state index contributed by atoms with van der Waals surface area (Å²) in [6.45, 7) is -0.451. The lowest BCUT2D eigenvalue weighted by Crippen LogP contribution is -2.39. The van der Waals surface area contributed by atoms with E-state index in [9.17, 15) is 18.0 Å². The average molecular weight is 292 g/mol. The molecule has 1 aliphatic heterocycles. The first kappa shape index (κ1) is 15.1. The van der Waals surface area contributed by atoms with Gasteiger partial charge in [-0.05, 0) is 12.8 Å². The van der Waals surface area contributed by atoms with E-state index in [0.717, 1.165) is 25.7 Å². The van der Waals surface area contributed by atoms with Crippen molar-refractivity contribution in [1.82, 2.24) is 15.6 Å². The van der Waals surface area contributed by atoms with Gasteiger partial charge in [0.1, 0.15) is 0 Å². The van der Waals surface area contributed by atoms with Crippen molar-refractivity contribution in [1.29, 1.82) is 0 Å². The Morgan fingerprint density at radius 1 is 1.35 bits per heavy atom. The summed E-state index contributed by atoms with van der Waals surface area (Å²) in [6, 6.07) is -0.181. The van der Waals surface area contributed by atoms with Crippen LogP contribution in [0.25, 0.3) is 0 Å². The van der Waals surface area contributed by atoms with Gasteiger partial charge in [0, 0.05) is 25.6 Å². The molecule has 0 aromatic carbocycles. The highest BCUT2D eigenvalue weighted by Gasteiger charge is 2.33. The molecule has 2 rings (SSSR count). The highest BCUT2D eigenvalue weighted by molar-refractivity contribution is 5.89. The van der Waals surface area contributed by atoms with Crippen molar-refractivity contribution in [2.45, 2.75) is 44.3 Å². The molecule has 2 N–H and O–H groups in total. The normalized spacial score (nSPS) is 23.4. The molecule has 8 heteroatoms.